The van der Waals surface area contributed by atoms with Crippen molar-refractivity contribution < 1.29 is 4.42 Å². The van der Waals surface area contributed by atoms with Crippen LogP contribution < -0.4 is 10.6 Å². The second-order valence-corrected chi connectivity index (χ2v) is 3.96. The Balaban J connectivity index is 1.83. The first kappa shape index (κ1) is 9.41. The number of H-pyrrole nitrogens is 1. The second kappa shape index (κ2) is 3.64. The Morgan fingerprint density at radius 3 is 3.19 bits per heavy atom. The van der Waals surface area contributed by atoms with E-state index in [2.05, 4.69) is 20.1 Å². The summed E-state index contributed by atoms with van der Waals surface area (Å²) in [5.74, 6) is 2.04. The maximum atomic E-state index is 5.84. The van der Waals surface area contributed by atoms with Crippen molar-refractivity contribution in [2.24, 2.45) is 5.73 Å². The third-order valence-corrected chi connectivity index (χ3v) is 2.74. The summed E-state index contributed by atoms with van der Waals surface area (Å²) >= 11 is 0. The smallest absolute Gasteiger partial charge is 0.245 e. The first-order valence-corrected chi connectivity index (χ1v) is 5.30. The van der Waals surface area contributed by atoms with Gasteiger partial charge in [-0.3, -0.25) is 5.10 Å². The molecule has 3 rings (SSSR count). The van der Waals surface area contributed by atoms with Crippen LogP contribution in [0.3, 0.4) is 0 Å². The number of nitrogens with two attached hydrogens (primary N) is 1. The molecule has 0 aliphatic carbocycles. The first-order chi connectivity index (χ1) is 7.83. The Morgan fingerprint density at radius 1 is 1.56 bits per heavy atom. The van der Waals surface area contributed by atoms with Crippen LogP contribution in [0.1, 0.15) is 6.42 Å². The molecule has 84 valence electrons. The van der Waals surface area contributed by atoms with Crippen molar-refractivity contribution in [3.8, 4) is 11.6 Å². The Bertz CT molecular complexity index is 463. The number of hydrogen-bond donors (Lipinski definition) is 2. The number of aromatic amines is 1. The molecule has 2 aromatic rings. The van der Waals surface area contributed by atoms with Crippen molar-refractivity contribution in [3.63, 3.8) is 0 Å². The van der Waals surface area contributed by atoms with Gasteiger partial charge in [-0.25, -0.2) is 0 Å². The molecule has 3 heterocycles. The number of anilines is 1. The summed E-state index contributed by atoms with van der Waals surface area (Å²) in [5.41, 5.74) is 5.84. The Hall–Kier alpha value is -1.82. The lowest BCUT2D eigenvalue weighted by Crippen LogP contribution is -2.26. The van der Waals surface area contributed by atoms with Crippen LogP contribution in [-0.4, -0.2) is 34.3 Å². The number of nitrogens with zero attached hydrogens (tertiary/aromatic N) is 3. The standard InChI is InChI=1S/C10H13N5O/c11-7-3-4-15(6-7)10-12-9(13-14-10)8-2-1-5-16-8/h1-2,5,7H,3-4,6,11H2,(H,12,13,14). The van der Waals surface area contributed by atoms with E-state index in [1.807, 2.05) is 12.1 Å². The number of furan rings is 1. The number of hydrogen-bond acceptors (Lipinski definition) is 5. The van der Waals surface area contributed by atoms with E-state index in [-0.39, 0.29) is 6.04 Å². The van der Waals surface area contributed by atoms with Crippen molar-refractivity contribution in [2.45, 2.75) is 12.5 Å². The van der Waals surface area contributed by atoms with Gasteiger partial charge < -0.3 is 15.1 Å². The third kappa shape index (κ3) is 1.57. The molecule has 1 unspecified atom stereocenters. The average Bonchev–Trinajstić information content (AvgIpc) is 2.97. The van der Waals surface area contributed by atoms with Crippen LogP contribution in [0, 0.1) is 0 Å². The number of aromatic nitrogens is 3. The Morgan fingerprint density at radius 2 is 2.50 bits per heavy atom. The molecule has 0 radical (unpaired) electrons. The molecule has 2 aromatic heterocycles. The molecule has 1 aliphatic rings. The molecule has 1 saturated heterocycles. The third-order valence-electron chi connectivity index (χ3n) is 2.74. The lowest BCUT2D eigenvalue weighted by Gasteiger charge is -2.11. The predicted molar refractivity (Wildman–Crippen MR) is 58.9 cm³/mol. The fraction of sp³-hybridized carbons (Fsp3) is 0.400. The van der Waals surface area contributed by atoms with Gasteiger partial charge >= 0.3 is 0 Å². The second-order valence-electron chi connectivity index (χ2n) is 3.96. The molecule has 1 aliphatic heterocycles. The van der Waals surface area contributed by atoms with Crippen molar-refractivity contribution in [1.82, 2.24) is 15.2 Å². The monoisotopic (exact) mass is 219 g/mol. The number of rotatable bonds is 2. The Kier molecular flexibility index (Phi) is 2.14. The lowest BCUT2D eigenvalue weighted by molar-refractivity contribution is 0.577. The van der Waals surface area contributed by atoms with Gasteiger partial charge in [0.1, 0.15) is 0 Å². The maximum Gasteiger partial charge on any atom is 0.245 e. The van der Waals surface area contributed by atoms with E-state index in [9.17, 15) is 0 Å². The van der Waals surface area contributed by atoms with Crippen molar-refractivity contribution in [3.05, 3.63) is 18.4 Å². The highest BCUT2D eigenvalue weighted by molar-refractivity contribution is 5.49. The minimum absolute atomic E-state index is 0.227. The highest BCUT2D eigenvalue weighted by atomic mass is 16.3. The molecule has 6 nitrogen and oxygen atoms in total. The number of nitrogens with one attached hydrogen (secondary N) is 1. The molecule has 1 fully saturated rings. The van der Waals surface area contributed by atoms with Crippen LogP contribution >= 0.6 is 0 Å². The zero-order valence-corrected chi connectivity index (χ0v) is 8.76. The summed E-state index contributed by atoms with van der Waals surface area (Å²) in [6.07, 6.45) is 2.61. The molecule has 0 amide bonds. The topological polar surface area (TPSA) is 84.0 Å². The quantitative estimate of drug-likeness (QED) is 0.772. The van der Waals surface area contributed by atoms with E-state index in [4.69, 9.17) is 10.2 Å². The average molecular weight is 219 g/mol. The van der Waals surface area contributed by atoms with E-state index < -0.39 is 0 Å². The molecule has 6 heteroatoms. The van der Waals surface area contributed by atoms with Gasteiger partial charge in [0.05, 0.1) is 6.26 Å². The zero-order valence-electron chi connectivity index (χ0n) is 8.76. The largest absolute Gasteiger partial charge is 0.461 e. The summed E-state index contributed by atoms with van der Waals surface area (Å²) in [6, 6.07) is 3.90. The summed E-state index contributed by atoms with van der Waals surface area (Å²) < 4.78 is 5.24. The van der Waals surface area contributed by atoms with E-state index in [0.29, 0.717) is 17.5 Å². The van der Waals surface area contributed by atoms with Crippen LogP contribution in [-0.2, 0) is 0 Å². The molecule has 3 N–H and O–H groups in total. The minimum atomic E-state index is 0.227. The normalized spacial score (nSPS) is 20.6. The van der Waals surface area contributed by atoms with E-state index in [1.165, 1.54) is 0 Å². The molecular formula is C10H13N5O. The van der Waals surface area contributed by atoms with Gasteiger partial charge in [-0.05, 0) is 18.6 Å². The van der Waals surface area contributed by atoms with E-state index in [1.54, 1.807) is 6.26 Å². The van der Waals surface area contributed by atoms with Gasteiger partial charge in [-0.2, -0.15) is 4.98 Å². The summed E-state index contributed by atoms with van der Waals surface area (Å²) in [6.45, 7) is 1.73. The highest BCUT2D eigenvalue weighted by Gasteiger charge is 2.22. The van der Waals surface area contributed by atoms with Crippen molar-refractivity contribution in [2.75, 3.05) is 18.0 Å². The zero-order chi connectivity index (χ0) is 11.0. The van der Waals surface area contributed by atoms with Gasteiger partial charge in [0.15, 0.2) is 11.6 Å². The predicted octanol–water partition coefficient (Wildman–Crippen LogP) is 0.602. The van der Waals surface area contributed by atoms with Gasteiger partial charge in [-0.1, -0.05) is 0 Å². The Labute approximate surface area is 92.5 Å². The first-order valence-electron chi connectivity index (χ1n) is 5.30. The van der Waals surface area contributed by atoms with Crippen LogP contribution in [0.25, 0.3) is 11.6 Å². The molecule has 16 heavy (non-hydrogen) atoms. The van der Waals surface area contributed by atoms with E-state index in [0.717, 1.165) is 19.5 Å². The van der Waals surface area contributed by atoms with Crippen LogP contribution in [0.2, 0.25) is 0 Å². The van der Waals surface area contributed by atoms with Crippen molar-refractivity contribution in [1.29, 1.82) is 0 Å². The summed E-state index contributed by atoms with van der Waals surface area (Å²) in [4.78, 5) is 6.46. The van der Waals surface area contributed by atoms with Crippen LogP contribution in [0.5, 0.6) is 0 Å². The van der Waals surface area contributed by atoms with Gasteiger partial charge in [0.2, 0.25) is 5.95 Å². The van der Waals surface area contributed by atoms with Gasteiger partial charge in [0, 0.05) is 19.1 Å². The molecular weight excluding hydrogens is 206 g/mol. The lowest BCUT2D eigenvalue weighted by atomic mass is 10.3. The summed E-state index contributed by atoms with van der Waals surface area (Å²) in [5, 5.41) is 7.03. The molecule has 1 atom stereocenters. The fourth-order valence-corrected chi connectivity index (χ4v) is 1.89. The minimum Gasteiger partial charge on any atom is -0.461 e. The van der Waals surface area contributed by atoms with Gasteiger partial charge in [0.25, 0.3) is 0 Å². The van der Waals surface area contributed by atoms with Gasteiger partial charge in [-0.15, -0.1) is 5.10 Å². The van der Waals surface area contributed by atoms with Crippen molar-refractivity contribution >= 4 is 5.95 Å². The SMILES string of the molecule is NC1CCN(c2n[nH]c(-c3ccco3)n2)C1. The van der Waals surface area contributed by atoms with Crippen LogP contribution in [0.4, 0.5) is 5.95 Å². The van der Waals surface area contributed by atoms with Crippen LogP contribution in [0.15, 0.2) is 22.8 Å². The fourth-order valence-electron chi connectivity index (χ4n) is 1.89. The highest BCUT2D eigenvalue weighted by Crippen LogP contribution is 2.20. The van der Waals surface area contributed by atoms with E-state index >= 15 is 0 Å². The molecule has 0 aromatic carbocycles. The molecule has 0 spiro atoms. The maximum absolute atomic E-state index is 5.84. The molecule has 0 bridgehead atoms. The summed E-state index contributed by atoms with van der Waals surface area (Å²) in [7, 11) is 0. The molecule has 0 saturated carbocycles.